The molecule has 0 saturated heterocycles. The van der Waals surface area contributed by atoms with Gasteiger partial charge in [-0.1, -0.05) is 42.5 Å². The van der Waals surface area contributed by atoms with Crippen LogP contribution < -0.4 is 0 Å². The van der Waals surface area contributed by atoms with Gasteiger partial charge >= 0.3 is 0 Å². The number of hydrogen-bond donors (Lipinski definition) is 0. The molecule has 1 aliphatic rings. The zero-order valence-corrected chi connectivity index (χ0v) is 15.2. The Bertz CT molecular complexity index is 985. The third-order valence-electron chi connectivity index (χ3n) is 5.23. The molecule has 1 saturated carbocycles. The van der Waals surface area contributed by atoms with E-state index >= 15 is 0 Å². The molecule has 0 bridgehead atoms. The van der Waals surface area contributed by atoms with E-state index < -0.39 is 5.95 Å². The summed E-state index contributed by atoms with van der Waals surface area (Å²) in [5, 5.41) is 6.34. The van der Waals surface area contributed by atoms with Crippen LogP contribution in [0.15, 0.2) is 42.5 Å². The molecule has 1 aromatic heterocycles. The number of aromatic nitrogens is 2. The molecule has 1 heterocycles. The second-order valence-electron chi connectivity index (χ2n) is 7.06. The van der Waals surface area contributed by atoms with Gasteiger partial charge in [0.15, 0.2) is 0 Å². The van der Waals surface area contributed by atoms with Crippen molar-refractivity contribution in [2.75, 3.05) is 0 Å². The molecule has 0 aliphatic heterocycles. The van der Waals surface area contributed by atoms with Crippen molar-refractivity contribution in [1.29, 1.82) is 0 Å². The Labute approximate surface area is 152 Å². The van der Waals surface area contributed by atoms with Crippen LogP contribution in [0.4, 0.5) is 4.39 Å². The van der Waals surface area contributed by atoms with Gasteiger partial charge in [0.1, 0.15) is 5.56 Å². The molecule has 1 aliphatic carbocycles. The Hall–Kier alpha value is -2.69. The van der Waals surface area contributed by atoms with E-state index in [9.17, 15) is 9.18 Å². The average molecular weight is 351 g/mol. The molecule has 0 N–H and O–H groups in total. The van der Waals surface area contributed by atoms with E-state index in [1.807, 2.05) is 30.0 Å². The number of rotatable bonds is 4. The molecule has 26 heavy (non-hydrogen) atoms. The first kappa shape index (κ1) is 16.8. The quantitative estimate of drug-likeness (QED) is 0.699. The van der Waals surface area contributed by atoms with Crippen molar-refractivity contribution in [2.24, 2.45) is 7.05 Å². The summed E-state index contributed by atoms with van der Waals surface area (Å²) in [7, 11) is 1.52. The van der Waals surface area contributed by atoms with E-state index in [4.69, 9.17) is 0 Å². The average Bonchev–Trinajstić information content (AvgIpc) is 3.42. The molecule has 0 radical (unpaired) electrons. The zero-order chi connectivity index (χ0) is 18.4. The molecule has 1 unspecified atom stereocenters. The van der Waals surface area contributed by atoms with Crippen LogP contribution in [0.1, 0.15) is 47.4 Å². The van der Waals surface area contributed by atoms with Crippen molar-refractivity contribution in [1.82, 2.24) is 14.7 Å². The number of carbonyl (C=O) groups excluding carboxylic acids is 1. The van der Waals surface area contributed by atoms with Crippen molar-refractivity contribution >= 4 is 16.7 Å². The molecular weight excluding hydrogens is 329 g/mol. The van der Waals surface area contributed by atoms with Crippen molar-refractivity contribution in [3.05, 3.63) is 65.2 Å². The van der Waals surface area contributed by atoms with E-state index in [0.717, 1.165) is 33.9 Å². The third-order valence-corrected chi connectivity index (χ3v) is 5.23. The van der Waals surface area contributed by atoms with Gasteiger partial charge in [-0.3, -0.25) is 4.79 Å². The van der Waals surface area contributed by atoms with Gasteiger partial charge in [-0.05, 0) is 43.0 Å². The SMILES string of the molecule is Cc1nn(C)c(F)c1C(=O)N(C1CC1)C(C)c1cccc2ccccc12. The summed E-state index contributed by atoms with van der Waals surface area (Å²) >= 11 is 0. The van der Waals surface area contributed by atoms with Crippen molar-refractivity contribution < 1.29 is 9.18 Å². The number of nitrogens with zero attached hydrogens (tertiary/aromatic N) is 3. The van der Waals surface area contributed by atoms with Gasteiger partial charge in [0.05, 0.1) is 11.7 Å². The molecule has 1 fully saturated rings. The smallest absolute Gasteiger partial charge is 0.261 e. The normalized spacial score (nSPS) is 15.2. The fourth-order valence-electron chi connectivity index (χ4n) is 3.78. The Morgan fingerprint density at radius 2 is 1.92 bits per heavy atom. The Kier molecular flexibility index (Phi) is 4.02. The van der Waals surface area contributed by atoms with E-state index in [1.54, 1.807) is 6.92 Å². The van der Waals surface area contributed by atoms with E-state index in [0.29, 0.717) is 5.69 Å². The predicted molar refractivity (Wildman–Crippen MR) is 99.5 cm³/mol. The summed E-state index contributed by atoms with van der Waals surface area (Å²) in [5.41, 5.74) is 1.61. The van der Waals surface area contributed by atoms with E-state index in [2.05, 4.69) is 29.4 Å². The van der Waals surface area contributed by atoms with Gasteiger partial charge in [0.2, 0.25) is 5.95 Å². The molecule has 4 rings (SSSR count). The van der Waals surface area contributed by atoms with Gasteiger partial charge < -0.3 is 4.90 Å². The molecule has 3 aromatic rings. The Morgan fingerprint density at radius 3 is 2.58 bits per heavy atom. The lowest BCUT2D eigenvalue weighted by Crippen LogP contribution is -2.36. The number of aryl methyl sites for hydroxylation is 2. The van der Waals surface area contributed by atoms with Crippen molar-refractivity contribution in [3.63, 3.8) is 0 Å². The number of amides is 1. The lowest BCUT2D eigenvalue weighted by atomic mass is 9.98. The summed E-state index contributed by atoms with van der Waals surface area (Å²) in [5.74, 6) is -0.834. The molecule has 134 valence electrons. The van der Waals surface area contributed by atoms with Gasteiger partial charge in [0, 0.05) is 13.1 Å². The Balaban J connectivity index is 1.78. The minimum atomic E-state index is -0.566. The highest BCUT2D eigenvalue weighted by Gasteiger charge is 2.39. The molecular formula is C21H22FN3O. The highest BCUT2D eigenvalue weighted by molar-refractivity contribution is 5.96. The maximum atomic E-state index is 14.5. The summed E-state index contributed by atoms with van der Waals surface area (Å²) in [6.45, 7) is 3.71. The number of halogens is 1. The van der Waals surface area contributed by atoms with E-state index in [1.165, 1.54) is 7.05 Å². The van der Waals surface area contributed by atoms with Crippen LogP contribution >= 0.6 is 0 Å². The molecule has 5 heteroatoms. The standard InChI is InChI=1S/C21H22FN3O/c1-13-19(20(22)24(3)23-13)21(26)25(16-11-12-16)14(2)17-10-6-8-15-7-4-5-9-18(15)17/h4-10,14,16H,11-12H2,1-3H3. The second kappa shape index (κ2) is 6.24. The van der Waals surface area contributed by atoms with Crippen molar-refractivity contribution in [2.45, 2.75) is 38.8 Å². The van der Waals surface area contributed by atoms with Crippen LogP contribution in [0.25, 0.3) is 10.8 Å². The summed E-state index contributed by atoms with van der Waals surface area (Å²) in [6, 6.07) is 14.3. The van der Waals surface area contributed by atoms with Crippen LogP contribution in [0.5, 0.6) is 0 Å². The molecule has 2 aromatic carbocycles. The molecule has 0 spiro atoms. The molecule has 1 amide bonds. The number of benzene rings is 2. The monoisotopic (exact) mass is 351 g/mol. The topological polar surface area (TPSA) is 38.1 Å². The number of carbonyl (C=O) groups is 1. The van der Waals surface area contributed by atoms with Gasteiger partial charge in [-0.2, -0.15) is 9.49 Å². The van der Waals surface area contributed by atoms with Crippen LogP contribution in [0, 0.1) is 12.9 Å². The summed E-state index contributed by atoms with van der Waals surface area (Å²) in [4.78, 5) is 15.1. The van der Waals surface area contributed by atoms with E-state index in [-0.39, 0.29) is 23.6 Å². The van der Waals surface area contributed by atoms with Crippen molar-refractivity contribution in [3.8, 4) is 0 Å². The minimum absolute atomic E-state index is 0.0893. The first-order valence-electron chi connectivity index (χ1n) is 8.98. The van der Waals surface area contributed by atoms with Crippen LogP contribution in [-0.4, -0.2) is 26.6 Å². The maximum absolute atomic E-state index is 14.5. The van der Waals surface area contributed by atoms with Crippen LogP contribution in [-0.2, 0) is 7.05 Å². The summed E-state index contributed by atoms with van der Waals surface area (Å²) in [6.07, 6.45) is 1.92. The minimum Gasteiger partial charge on any atom is -0.329 e. The highest BCUT2D eigenvalue weighted by atomic mass is 19.1. The third kappa shape index (κ3) is 2.68. The highest BCUT2D eigenvalue weighted by Crippen LogP contribution is 2.38. The fourth-order valence-corrected chi connectivity index (χ4v) is 3.78. The zero-order valence-electron chi connectivity index (χ0n) is 15.2. The molecule has 4 nitrogen and oxygen atoms in total. The van der Waals surface area contributed by atoms with Gasteiger partial charge in [-0.15, -0.1) is 0 Å². The lowest BCUT2D eigenvalue weighted by Gasteiger charge is -2.30. The van der Waals surface area contributed by atoms with Crippen LogP contribution in [0.3, 0.4) is 0 Å². The first-order valence-corrected chi connectivity index (χ1v) is 8.98. The predicted octanol–water partition coefficient (Wildman–Crippen LogP) is 4.39. The lowest BCUT2D eigenvalue weighted by molar-refractivity contribution is 0.0669. The first-order chi connectivity index (χ1) is 12.5. The van der Waals surface area contributed by atoms with Crippen LogP contribution in [0.2, 0.25) is 0 Å². The number of fused-ring (bicyclic) bond motifs is 1. The largest absolute Gasteiger partial charge is 0.329 e. The number of hydrogen-bond acceptors (Lipinski definition) is 2. The van der Waals surface area contributed by atoms with Gasteiger partial charge in [0.25, 0.3) is 5.91 Å². The fraction of sp³-hybridized carbons (Fsp3) is 0.333. The second-order valence-corrected chi connectivity index (χ2v) is 7.06. The summed E-state index contributed by atoms with van der Waals surface area (Å²) < 4.78 is 15.6. The Morgan fingerprint density at radius 1 is 1.23 bits per heavy atom. The molecule has 1 atom stereocenters. The maximum Gasteiger partial charge on any atom is 0.261 e. The van der Waals surface area contributed by atoms with Gasteiger partial charge in [-0.25, -0.2) is 4.68 Å².